The standard InChI is InChI=1S/C6H8N2O2/c9-6(10)5-8-4-2-1-3-7-8/h2-4H,1,5H2,(H,9,10). The van der Waals surface area contributed by atoms with E-state index in [0.29, 0.717) is 0 Å². The van der Waals surface area contributed by atoms with E-state index in [9.17, 15) is 4.79 Å². The minimum atomic E-state index is -0.872. The number of hydrogen-bond donors (Lipinski definition) is 1. The molecule has 0 aromatic carbocycles. The molecule has 0 saturated carbocycles. The molecule has 0 atom stereocenters. The average Bonchev–Trinajstić information content (AvgIpc) is 1.88. The molecule has 0 aromatic heterocycles. The maximum absolute atomic E-state index is 10.1. The van der Waals surface area contributed by atoms with Gasteiger partial charge in [-0.1, -0.05) is 6.08 Å². The summed E-state index contributed by atoms with van der Waals surface area (Å²) in [5.41, 5.74) is 0. The zero-order chi connectivity index (χ0) is 7.40. The third kappa shape index (κ3) is 1.89. The monoisotopic (exact) mass is 140 g/mol. The fraction of sp³-hybridized carbons (Fsp3) is 0.333. The SMILES string of the molecule is O=C(O)CN1C=CCC=N1. The minimum absolute atomic E-state index is 0.0625. The molecule has 0 saturated heterocycles. The van der Waals surface area contributed by atoms with Crippen LogP contribution in [0.15, 0.2) is 17.4 Å². The van der Waals surface area contributed by atoms with Gasteiger partial charge >= 0.3 is 5.97 Å². The summed E-state index contributed by atoms with van der Waals surface area (Å²) in [5.74, 6) is -0.872. The average molecular weight is 140 g/mol. The normalized spacial score (nSPS) is 15.8. The fourth-order valence-corrected chi connectivity index (χ4v) is 0.666. The molecule has 0 amide bonds. The van der Waals surface area contributed by atoms with Crippen molar-refractivity contribution in [3.05, 3.63) is 12.3 Å². The summed E-state index contributed by atoms with van der Waals surface area (Å²) >= 11 is 0. The Balaban J connectivity index is 2.40. The lowest BCUT2D eigenvalue weighted by molar-refractivity contribution is -0.137. The summed E-state index contributed by atoms with van der Waals surface area (Å²) in [4.78, 5) is 10.1. The molecule has 1 aliphatic rings. The quantitative estimate of drug-likeness (QED) is 0.599. The molecule has 0 spiro atoms. The molecule has 54 valence electrons. The molecule has 0 radical (unpaired) electrons. The molecule has 0 aromatic rings. The van der Waals surface area contributed by atoms with Crippen molar-refractivity contribution in [3.8, 4) is 0 Å². The van der Waals surface area contributed by atoms with E-state index in [4.69, 9.17) is 5.11 Å². The summed E-state index contributed by atoms with van der Waals surface area (Å²) < 4.78 is 0. The second kappa shape index (κ2) is 3.00. The number of allylic oxidation sites excluding steroid dienone is 1. The van der Waals surface area contributed by atoms with Crippen LogP contribution in [0.25, 0.3) is 0 Å². The molecular weight excluding hydrogens is 132 g/mol. The smallest absolute Gasteiger partial charge is 0.325 e. The Bertz CT molecular complexity index is 174. The van der Waals surface area contributed by atoms with Gasteiger partial charge in [0, 0.05) is 18.8 Å². The van der Waals surface area contributed by atoms with E-state index < -0.39 is 5.97 Å². The molecule has 0 fully saturated rings. The Hall–Kier alpha value is -1.32. The van der Waals surface area contributed by atoms with Gasteiger partial charge in [0.05, 0.1) is 0 Å². The van der Waals surface area contributed by atoms with Gasteiger partial charge in [-0.2, -0.15) is 5.10 Å². The highest BCUT2D eigenvalue weighted by Crippen LogP contribution is 1.97. The highest BCUT2D eigenvalue weighted by atomic mass is 16.4. The lowest BCUT2D eigenvalue weighted by Crippen LogP contribution is -2.20. The number of carboxylic acid groups (broad SMARTS) is 1. The van der Waals surface area contributed by atoms with E-state index >= 15 is 0 Å². The van der Waals surface area contributed by atoms with Gasteiger partial charge in [0.15, 0.2) is 0 Å². The molecule has 0 bridgehead atoms. The zero-order valence-corrected chi connectivity index (χ0v) is 5.40. The number of rotatable bonds is 2. The van der Waals surface area contributed by atoms with E-state index in [1.165, 1.54) is 5.01 Å². The second-order valence-corrected chi connectivity index (χ2v) is 1.91. The van der Waals surface area contributed by atoms with E-state index in [0.717, 1.165) is 6.42 Å². The van der Waals surface area contributed by atoms with Crippen LogP contribution in [0.2, 0.25) is 0 Å². The van der Waals surface area contributed by atoms with Crippen molar-refractivity contribution in [2.75, 3.05) is 6.54 Å². The maximum atomic E-state index is 10.1. The Morgan fingerprint density at radius 3 is 3.10 bits per heavy atom. The van der Waals surface area contributed by atoms with Crippen LogP contribution in [0.3, 0.4) is 0 Å². The van der Waals surface area contributed by atoms with Crippen LogP contribution in [-0.4, -0.2) is 28.8 Å². The first-order chi connectivity index (χ1) is 4.79. The van der Waals surface area contributed by atoms with E-state index in [-0.39, 0.29) is 6.54 Å². The summed E-state index contributed by atoms with van der Waals surface area (Å²) in [5, 5.41) is 13.5. The number of carboxylic acids is 1. The molecule has 0 aliphatic carbocycles. The Morgan fingerprint density at radius 2 is 2.60 bits per heavy atom. The summed E-state index contributed by atoms with van der Waals surface area (Å²) in [6.07, 6.45) is 5.98. The first-order valence-electron chi connectivity index (χ1n) is 2.96. The summed E-state index contributed by atoms with van der Waals surface area (Å²) in [6.45, 7) is -0.0625. The van der Waals surface area contributed by atoms with E-state index in [1.54, 1.807) is 12.4 Å². The molecule has 1 rings (SSSR count). The molecule has 4 heteroatoms. The third-order valence-corrected chi connectivity index (χ3v) is 1.05. The summed E-state index contributed by atoms with van der Waals surface area (Å²) in [6, 6.07) is 0. The lowest BCUT2D eigenvalue weighted by Gasteiger charge is -2.12. The Morgan fingerprint density at radius 1 is 1.80 bits per heavy atom. The van der Waals surface area contributed by atoms with Crippen molar-refractivity contribution in [3.63, 3.8) is 0 Å². The van der Waals surface area contributed by atoms with Gasteiger partial charge in [-0.3, -0.25) is 9.80 Å². The van der Waals surface area contributed by atoms with Crippen LogP contribution in [0.1, 0.15) is 6.42 Å². The first kappa shape index (κ1) is 6.80. The molecule has 1 N–H and O–H groups in total. The highest BCUT2D eigenvalue weighted by molar-refractivity contribution is 5.70. The van der Waals surface area contributed by atoms with Crippen molar-refractivity contribution in [2.45, 2.75) is 6.42 Å². The van der Waals surface area contributed by atoms with Gasteiger partial charge in [0.1, 0.15) is 6.54 Å². The number of hydrazone groups is 1. The highest BCUT2D eigenvalue weighted by Gasteiger charge is 2.03. The topological polar surface area (TPSA) is 52.9 Å². The Labute approximate surface area is 58.4 Å². The van der Waals surface area contributed by atoms with Crippen molar-refractivity contribution in [2.24, 2.45) is 5.10 Å². The van der Waals surface area contributed by atoms with Gasteiger partial charge in [0.2, 0.25) is 0 Å². The molecule has 10 heavy (non-hydrogen) atoms. The number of carbonyl (C=O) groups is 1. The van der Waals surface area contributed by atoms with E-state index in [2.05, 4.69) is 5.10 Å². The van der Waals surface area contributed by atoms with Crippen LogP contribution in [0.5, 0.6) is 0 Å². The van der Waals surface area contributed by atoms with Crippen LogP contribution in [0, 0.1) is 0 Å². The van der Waals surface area contributed by atoms with Gasteiger partial charge < -0.3 is 5.11 Å². The van der Waals surface area contributed by atoms with Gasteiger partial charge in [0.25, 0.3) is 0 Å². The zero-order valence-electron chi connectivity index (χ0n) is 5.40. The van der Waals surface area contributed by atoms with Crippen molar-refractivity contribution < 1.29 is 9.90 Å². The van der Waals surface area contributed by atoms with E-state index in [1.807, 2.05) is 6.08 Å². The van der Waals surface area contributed by atoms with Crippen molar-refractivity contribution in [1.82, 2.24) is 5.01 Å². The predicted octanol–water partition coefficient (Wildman–Crippen LogP) is 0.276. The van der Waals surface area contributed by atoms with Crippen molar-refractivity contribution in [1.29, 1.82) is 0 Å². The number of nitrogens with zero attached hydrogens (tertiary/aromatic N) is 2. The molecule has 4 nitrogen and oxygen atoms in total. The molecule has 0 unspecified atom stereocenters. The molecular formula is C6H8N2O2. The lowest BCUT2D eigenvalue weighted by atomic mass is 10.4. The fourth-order valence-electron chi connectivity index (χ4n) is 0.666. The Kier molecular flexibility index (Phi) is 2.04. The summed E-state index contributed by atoms with van der Waals surface area (Å²) in [7, 11) is 0. The van der Waals surface area contributed by atoms with Crippen LogP contribution >= 0.6 is 0 Å². The van der Waals surface area contributed by atoms with Gasteiger partial charge in [-0.05, 0) is 0 Å². The van der Waals surface area contributed by atoms with Crippen molar-refractivity contribution >= 4 is 12.2 Å². The number of aliphatic carboxylic acids is 1. The molecule has 1 aliphatic heterocycles. The largest absolute Gasteiger partial charge is 0.480 e. The molecule has 1 heterocycles. The third-order valence-electron chi connectivity index (χ3n) is 1.05. The predicted molar refractivity (Wildman–Crippen MR) is 36.6 cm³/mol. The minimum Gasteiger partial charge on any atom is -0.480 e. The first-order valence-corrected chi connectivity index (χ1v) is 2.96. The van der Waals surface area contributed by atoms with Crippen LogP contribution < -0.4 is 0 Å². The van der Waals surface area contributed by atoms with Crippen LogP contribution in [-0.2, 0) is 4.79 Å². The van der Waals surface area contributed by atoms with Crippen LogP contribution in [0.4, 0.5) is 0 Å². The van der Waals surface area contributed by atoms with Gasteiger partial charge in [-0.25, -0.2) is 0 Å². The number of hydrogen-bond acceptors (Lipinski definition) is 3. The maximum Gasteiger partial charge on any atom is 0.325 e. The second-order valence-electron chi connectivity index (χ2n) is 1.91. The van der Waals surface area contributed by atoms with Gasteiger partial charge in [-0.15, -0.1) is 0 Å².